The molecule has 1 N–H and O–H groups in total. The predicted molar refractivity (Wildman–Crippen MR) is 142 cm³/mol. The summed E-state index contributed by atoms with van der Waals surface area (Å²) in [6.07, 6.45) is 5.82. The Kier molecular flexibility index (Phi) is 6.11. The molecular formula is C27H32N8O2. The van der Waals surface area contributed by atoms with Crippen LogP contribution >= 0.6 is 0 Å². The third-order valence-electron chi connectivity index (χ3n) is 7.32. The quantitative estimate of drug-likeness (QED) is 0.396. The van der Waals surface area contributed by atoms with Crippen LogP contribution in [0.4, 0.5) is 17.5 Å². The number of nitrogens with one attached hydrogen (secondary N) is 1. The standard InChI is InChI=1S/C27H32N8O2/c1-4-34-17-29-33-24(34)19-6-7-21(22(13-19)37-5-2)31-26-28-14-20-12-18(3)30-25(23(20)32-26)35-15-27(16-35)8-10-36-11-9-27/h6-7,12-14,17H,4-5,8-11,15-16H2,1-3H3,(H,28,31,32). The Morgan fingerprint density at radius 3 is 2.73 bits per heavy atom. The fourth-order valence-electron chi connectivity index (χ4n) is 5.34. The molecule has 0 saturated carbocycles. The molecule has 2 aliphatic heterocycles. The van der Waals surface area contributed by atoms with Gasteiger partial charge in [-0.3, -0.25) is 0 Å². The molecule has 2 aliphatic rings. The monoisotopic (exact) mass is 500 g/mol. The highest BCUT2D eigenvalue weighted by atomic mass is 16.5. The average Bonchev–Trinajstić information content (AvgIpc) is 3.38. The molecule has 0 bridgehead atoms. The molecule has 3 aromatic heterocycles. The largest absolute Gasteiger partial charge is 0.492 e. The first-order chi connectivity index (χ1) is 18.1. The molecule has 1 aromatic carbocycles. The van der Waals surface area contributed by atoms with Gasteiger partial charge in [0.1, 0.15) is 17.6 Å². The number of aryl methyl sites for hydroxylation is 2. The highest BCUT2D eigenvalue weighted by Crippen LogP contribution is 2.43. The van der Waals surface area contributed by atoms with Crippen molar-refractivity contribution in [1.82, 2.24) is 29.7 Å². The molecule has 2 fully saturated rings. The summed E-state index contributed by atoms with van der Waals surface area (Å²) in [5, 5.41) is 12.7. The van der Waals surface area contributed by atoms with Crippen LogP contribution in [-0.2, 0) is 11.3 Å². The Labute approximate surface area is 216 Å². The minimum atomic E-state index is 0.347. The summed E-state index contributed by atoms with van der Waals surface area (Å²) in [6, 6.07) is 8.00. The van der Waals surface area contributed by atoms with Crippen molar-refractivity contribution in [3.8, 4) is 17.1 Å². The number of aromatic nitrogens is 6. The van der Waals surface area contributed by atoms with Gasteiger partial charge in [0.2, 0.25) is 5.95 Å². The van der Waals surface area contributed by atoms with Crippen molar-refractivity contribution in [3.05, 3.63) is 42.5 Å². The van der Waals surface area contributed by atoms with Crippen molar-refractivity contribution in [2.24, 2.45) is 5.41 Å². The van der Waals surface area contributed by atoms with Gasteiger partial charge in [-0.05, 0) is 57.9 Å². The van der Waals surface area contributed by atoms with Crippen LogP contribution in [0.5, 0.6) is 5.75 Å². The first kappa shape index (κ1) is 23.6. The van der Waals surface area contributed by atoms with E-state index < -0.39 is 0 Å². The Morgan fingerprint density at radius 1 is 1.11 bits per heavy atom. The van der Waals surface area contributed by atoms with Crippen molar-refractivity contribution >= 4 is 28.4 Å². The molecule has 2 saturated heterocycles. The molecule has 4 aromatic rings. The smallest absolute Gasteiger partial charge is 0.227 e. The van der Waals surface area contributed by atoms with Crippen LogP contribution < -0.4 is 15.0 Å². The van der Waals surface area contributed by atoms with Crippen LogP contribution in [0.2, 0.25) is 0 Å². The van der Waals surface area contributed by atoms with Gasteiger partial charge in [-0.15, -0.1) is 10.2 Å². The van der Waals surface area contributed by atoms with Crippen molar-refractivity contribution in [2.45, 2.75) is 40.2 Å². The highest BCUT2D eigenvalue weighted by molar-refractivity contribution is 5.90. The Balaban J connectivity index is 1.30. The first-order valence-electron chi connectivity index (χ1n) is 13.0. The molecule has 5 heterocycles. The van der Waals surface area contributed by atoms with E-state index >= 15 is 0 Å². The molecule has 0 atom stereocenters. The molecule has 0 amide bonds. The molecule has 10 nitrogen and oxygen atoms in total. The van der Waals surface area contributed by atoms with E-state index in [2.05, 4.69) is 32.3 Å². The fourth-order valence-corrected chi connectivity index (χ4v) is 5.34. The van der Waals surface area contributed by atoms with Crippen LogP contribution in [0.25, 0.3) is 22.3 Å². The third-order valence-corrected chi connectivity index (χ3v) is 7.32. The fraction of sp³-hybridized carbons (Fsp3) is 0.444. The van der Waals surface area contributed by atoms with Crippen molar-refractivity contribution in [3.63, 3.8) is 0 Å². The number of rotatable bonds is 7. The topological polar surface area (TPSA) is 103 Å². The number of hydrogen-bond acceptors (Lipinski definition) is 9. The lowest BCUT2D eigenvalue weighted by molar-refractivity contribution is -0.000372. The second kappa shape index (κ2) is 9.59. The second-order valence-corrected chi connectivity index (χ2v) is 9.90. The second-order valence-electron chi connectivity index (χ2n) is 9.90. The van der Waals surface area contributed by atoms with Crippen molar-refractivity contribution < 1.29 is 9.47 Å². The zero-order valence-corrected chi connectivity index (χ0v) is 21.6. The molecule has 0 unspecified atom stereocenters. The van der Waals surface area contributed by atoms with E-state index in [1.54, 1.807) is 6.33 Å². The van der Waals surface area contributed by atoms with Crippen LogP contribution in [0.1, 0.15) is 32.4 Å². The number of pyridine rings is 1. The molecular weight excluding hydrogens is 468 g/mol. The lowest BCUT2D eigenvalue weighted by Gasteiger charge is -2.52. The lowest BCUT2D eigenvalue weighted by Crippen LogP contribution is -2.59. The normalized spacial score (nSPS) is 16.7. The highest BCUT2D eigenvalue weighted by Gasteiger charge is 2.45. The minimum Gasteiger partial charge on any atom is -0.492 e. The van der Waals surface area contributed by atoms with Gasteiger partial charge in [-0.2, -0.15) is 0 Å². The summed E-state index contributed by atoms with van der Waals surface area (Å²) in [6.45, 7) is 11.1. The summed E-state index contributed by atoms with van der Waals surface area (Å²) < 4.78 is 13.6. The lowest BCUT2D eigenvalue weighted by atomic mass is 9.73. The summed E-state index contributed by atoms with van der Waals surface area (Å²) in [5.41, 5.74) is 3.90. The van der Waals surface area contributed by atoms with Gasteiger partial charge in [0.05, 0.1) is 12.3 Å². The Bertz CT molecular complexity index is 1420. The van der Waals surface area contributed by atoms with E-state index in [1.807, 2.05) is 48.9 Å². The molecule has 6 rings (SSSR count). The molecule has 0 aliphatic carbocycles. The number of ether oxygens (including phenoxy) is 2. The van der Waals surface area contributed by atoms with E-state index in [1.165, 1.54) is 0 Å². The van der Waals surface area contributed by atoms with Crippen molar-refractivity contribution in [1.29, 1.82) is 0 Å². The molecule has 37 heavy (non-hydrogen) atoms. The number of anilines is 3. The van der Waals surface area contributed by atoms with Gasteiger partial charge >= 0.3 is 0 Å². The Morgan fingerprint density at radius 2 is 1.95 bits per heavy atom. The van der Waals surface area contributed by atoms with Crippen LogP contribution in [0.15, 0.2) is 36.8 Å². The van der Waals surface area contributed by atoms with E-state index in [0.717, 1.165) is 85.2 Å². The van der Waals surface area contributed by atoms with E-state index in [-0.39, 0.29) is 0 Å². The maximum atomic E-state index is 5.97. The molecule has 192 valence electrons. The zero-order valence-electron chi connectivity index (χ0n) is 21.6. The van der Waals surface area contributed by atoms with Gasteiger partial charge in [0, 0.05) is 61.1 Å². The number of hydrogen-bond donors (Lipinski definition) is 1. The van der Waals surface area contributed by atoms with Gasteiger partial charge in [-0.25, -0.2) is 15.0 Å². The molecule has 10 heteroatoms. The number of fused-ring (bicyclic) bond motifs is 1. The van der Waals surface area contributed by atoms with E-state index in [0.29, 0.717) is 23.7 Å². The van der Waals surface area contributed by atoms with Crippen LogP contribution in [0, 0.1) is 12.3 Å². The van der Waals surface area contributed by atoms with Gasteiger partial charge in [-0.1, -0.05) is 0 Å². The summed E-state index contributed by atoms with van der Waals surface area (Å²) >= 11 is 0. The Hall–Kier alpha value is -3.79. The number of benzene rings is 1. The summed E-state index contributed by atoms with van der Waals surface area (Å²) in [5.74, 6) is 2.95. The summed E-state index contributed by atoms with van der Waals surface area (Å²) in [7, 11) is 0. The van der Waals surface area contributed by atoms with Crippen LogP contribution in [-0.4, -0.2) is 62.6 Å². The van der Waals surface area contributed by atoms with Crippen LogP contribution in [0.3, 0.4) is 0 Å². The van der Waals surface area contributed by atoms with Gasteiger partial charge < -0.3 is 24.3 Å². The minimum absolute atomic E-state index is 0.347. The van der Waals surface area contributed by atoms with Gasteiger partial charge in [0.25, 0.3) is 0 Å². The van der Waals surface area contributed by atoms with Crippen molar-refractivity contribution in [2.75, 3.05) is 43.1 Å². The third kappa shape index (κ3) is 4.46. The predicted octanol–water partition coefficient (Wildman–Crippen LogP) is 4.37. The van der Waals surface area contributed by atoms with E-state index in [9.17, 15) is 0 Å². The average molecular weight is 501 g/mol. The SMILES string of the molecule is CCOc1cc(-c2nncn2CC)ccc1Nc1ncc2cc(C)nc(N3CC4(CCOCC4)C3)c2n1. The first-order valence-corrected chi connectivity index (χ1v) is 13.0. The maximum Gasteiger partial charge on any atom is 0.227 e. The summed E-state index contributed by atoms with van der Waals surface area (Å²) in [4.78, 5) is 16.8. The molecule has 1 spiro atoms. The molecule has 0 radical (unpaired) electrons. The van der Waals surface area contributed by atoms with Gasteiger partial charge in [0.15, 0.2) is 11.6 Å². The number of nitrogens with zero attached hydrogens (tertiary/aromatic N) is 7. The maximum absolute atomic E-state index is 5.97. The van der Waals surface area contributed by atoms with E-state index in [4.69, 9.17) is 19.4 Å². The zero-order chi connectivity index (χ0) is 25.4.